The van der Waals surface area contributed by atoms with Gasteiger partial charge >= 0.3 is 6.18 Å². The molecule has 1 saturated carbocycles. The van der Waals surface area contributed by atoms with Gasteiger partial charge in [0.15, 0.2) is 5.65 Å². The van der Waals surface area contributed by atoms with Crippen molar-refractivity contribution < 1.29 is 22.8 Å². The molecule has 0 spiro atoms. The number of fused-ring (bicyclic) bond motifs is 3. The zero-order chi connectivity index (χ0) is 29.6. The fourth-order valence-electron chi connectivity index (χ4n) is 6.62. The van der Waals surface area contributed by atoms with Crippen molar-refractivity contribution in [3.05, 3.63) is 30.7 Å². The van der Waals surface area contributed by atoms with Crippen molar-refractivity contribution in [2.24, 2.45) is 11.8 Å². The molecule has 2 aliphatic heterocycles. The number of piperidine rings is 1. The molecule has 226 valence electrons. The van der Waals surface area contributed by atoms with Crippen LogP contribution in [-0.4, -0.2) is 116 Å². The molecule has 42 heavy (non-hydrogen) atoms. The fraction of sp³-hybridized carbons (Fsp3) is 0.593. The molecule has 6 rings (SSSR count). The summed E-state index contributed by atoms with van der Waals surface area (Å²) < 4.78 is 41.8. The molecule has 3 aromatic heterocycles. The number of rotatable bonds is 7. The first-order chi connectivity index (χ1) is 20.0. The summed E-state index contributed by atoms with van der Waals surface area (Å²) in [5, 5.41) is 12.1. The number of carbonyl (C=O) groups excluding carboxylic acids is 2. The zero-order valence-electron chi connectivity index (χ0n) is 23.7. The lowest BCUT2D eigenvalue weighted by Crippen LogP contribution is -2.53. The van der Waals surface area contributed by atoms with Gasteiger partial charge in [-0.05, 0) is 43.9 Å². The molecule has 15 heteroatoms. The Morgan fingerprint density at radius 2 is 1.83 bits per heavy atom. The number of likely N-dealkylation sites (N-methyl/N-ethyl adjacent to an activating group) is 1. The van der Waals surface area contributed by atoms with Gasteiger partial charge in [0.05, 0.1) is 17.6 Å². The highest BCUT2D eigenvalue weighted by Crippen LogP contribution is 2.42. The van der Waals surface area contributed by atoms with Crippen molar-refractivity contribution in [3.8, 4) is 0 Å². The van der Waals surface area contributed by atoms with E-state index in [4.69, 9.17) is 4.98 Å². The highest BCUT2D eigenvalue weighted by molar-refractivity contribution is 5.77. The number of hydrogen-bond donors (Lipinski definition) is 1. The van der Waals surface area contributed by atoms with E-state index in [1.54, 1.807) is 27.8 Å². The minimum Gasteiger partial charge on any atom is -0.368 e. The molecular weight excluding hydrogens is 553 g/mol. The maximum absolute atomic E-state index is 12.9. The third-order valence-electron chi connectivity index (χ3n) is 8.70. The lowest BCUT2D eigenvalue weighted by Gasteiger charge is -2.43. The second-order valence-corrected chi connectivity index (χ2v) is 11.6. The van der Waals surface area contributed by atoms with Crippen LogP contribution in [0.15, 0.2) is 30.7 Å². The molecule has 5 heterocycles. The van der Waals surface area contributed by atoms with Crippen LogP contribution in [0, 0.1) is 11.8 Å². The Balaban J connectivity index is 1.12. The van der Waals surface area contributed by atoms with E-state index >= 15 is 0 Å². The van der Waals surface area contributed by atoms with Gasteiger partial charge in [-0.2, -0.15) is 23.3 Å². The van der Waals surface area contributed by atoms with Gasteiger partial charge < -0.3 is 24.9 Å². The average molecular weight is 589 g/mol. The van der Waals surface area contributed by atoms with E-state index in [9.17, 15) is 22.8 Å². The number of aromatic nitrogens is 5. The predicted molar refractivity (Wildman–Crippen MR) is 148 cm³/mol. The lowest BCUT2D eigenvalue weighted by atomic mass is 9.90. The minimum absolute atomic E-state index is 0.0295. The van der Waals surface area contributed by atoms with Crippen LogP contribution >= 0.6 is 0 Å². The molecule has 2 saturated heterocycles. The smallest absolute Gasteiger partial charge is 0.368 e. The average Bonchev–Trinajstić information content (AvgIpc) is 3.62. The number of amides is 2. The highest BCUT2D eigenvalue weighted by Gasteiger charge is 2.47. The molecule has 1 N–H and O–H groups in total. The summed E-state index contributed by atoms with van der Waals surface area (Å²) in [5.41, 5.74) is 2.19. The molecule has 2 atom stereocenters. The summed E-state index contributed by atoms with van der Waals surface area (Å²) in [6, 6.07) is 3.65. The van der Waals surface area contributed by atoms with Gasteiger partial charge in [0.2, 0.25) is 17.8 Å². The Labute approximate surface area is 241 Å². The van der Waals surface area contributed by atoms with Crippen LogP contribution in [-0.2, 0) is 16.1 Å². The van der Waals surface area contributed by atoms with Gasteiger partial charge in [-0.3, -0.25) is 14.3 Å². The molecule has 2 amide bonds. The number of pyridine rings is 1. The molecule has 12 nitrogen and oxygen atoms in total. The van der Waals surface area contributed by atoms with E-state index < -0.39 is 18.5 Å². The number of alkyl halides is 3. The Morgan fingerprint density at radius 1 is 1.12 bits per heavy atom. The number of hydrogen-bond acceptors (Lipinski definition) is 8. The van der Waals surface area contributed by atoms with Crippen molar-refractivity contribution in [2.75, 3.05) is 63.6 Å². The third-order valence-corrected chi connectivity index (χ3v) is 8.70. The number of nitrogens with zero attached hydrogens (tertiary/aromatic N) is 9. The first kappa shape index (κ1) is 28.2. The summed E-state index contributed by atoms with van der Waals surface area (Å²) in [6.45, 7) is 4.53. The molecule has 3 aliphatic rings. The maximum atomic E-state index is 12.9. The zero-order valence-corrected chi connectivity index (χ0v) is 23.7. The Hall–Kier alpha value is -3.88. The van der Waals surface area contributed by atoms with Crippen LogP contribution in [0.2, 0.25) is 0 Å². The highest BCUT2D eigenvalue weighted by atomic mass is 19.4. The Kier molecular flexibility index (Phi) is 7.45. The topological polar surface area (TPSA) is 107 Å². The van der Waals surface area contributed by atoms with Gasteiger partial charge in [0.25, 0.3) is 0 Å². The van der Waals surface area contributed by atoms with Crippen LogP contribution < -0.4 is 10.2 Å². The van der Waals surface area contributed by atoms with E-state index in [-0.39, 0.29) is 30.3 Å². The monoisotopic (exact) mass is 588 g/mol. The normalized spacial score (nSPS) is 23.0. The van der Waals surface area contributed by atoms with E-state index in [0.717, 1.165) is 31.6 Å². The standard InChI is InChI=1S/C27H35F3N10O2/c1-35-8-10-37(11-9-35)23(42)17-39-16-20(13-31-39)32-26-33-25-21(4-3-7-40(25)34-26)38-14-18-5-6-19(15-38)24(18)36(2)22(41)12-27(28,29)30/h3-4,7,13,16,18-19,24H,5-6,8-12,14-15,17H2,1-2H3,(H,32,34). The Morgan fingerprint density at radius 3 is 2.52 bits per heavy atom. The summed E-state index contributed by atoms with van der Waals surface area (Å²) in [4.78, 5) is 37.3. The second-order valence-electron chi connectivity index (χ2n) is 11.6. The van der Waals surface area contributed by atoms with Gasteiger partial charge in [0.1, 0.15) is 13.0 Å². The van der Waals surface area contributed by atoms with Crippen LogP contribution in [0.5, 0.6) is 0 Å². The van der Waals surface area contributed by atoms with E-state index in [2.05, 4.69) is 25.3 Å². The van der Waals surface area contributed by atoms with Crippen LogP contribution in [0.25, 0.3) is 5.65 Å². The molecule has 2 bridgehead atoms. The van der Waals surface area contributed by atoms with Crippen LogP contribution in [0.4, 0.5) is 30.5 Å². The summed E-state index contributed by atoms with van der Waals surface area (Å²) in [6.07, 6.45) is 0.964. The van der Waals surface area contributed by atoms with Crippen molar-refractivity contribution in [1.29, 1.82) is 0 Å². The predicted octanol–water partition coefficient (Wildman–Crippen LogP) is 2.07. The van der Waals surface area contributed by atoms with Crippen molar-refractivity contribution >= 4 is 34.8 Å². The van der Waals surface area contributed by atoms with Crippen molar-refractivity contribution in [1.82, 2.24) is 39.1 Å². The molecule has 3 fully saturated rings. The molecule has 0 radical (unpaired) electrons. The fourth-order valence-corrected chi connectivity index (χ4v) is 6.62. The second kappa shape index (κ2) is 11.1. The van der Waals surface area contributed by atoms with Crippen LogP contribution in [0.1, 0.15) is 19.3 Å². The number of anilines is 3. The lowest BCUT2D eigenvalue weighted by molar-refractivity contribution is -0.163. The molecular formula is C27H35F3N10O2. The summed E-state index contributed by atoms with van der Waals surface area (Å²) >= 11 is 0. The van der Waals surface area contributed by atoms with Crippen LogP contribution in [0.3, 0.4) is 0 Å². The molecule has 1 aliphatic carbocycles. The summed E-state index contributed by atoms with van der Waals surface area (Å²) in [7, 11) is 3.55. The van der Waals surface area contributed by atoms with E-state index in [1.807, 2.05) is 24.1 Å². The number of carbonyl (C=O) groups is 2. The first-order valence-electron chi connectivity index (χ1n) is 14.2. The SMILES string of the molecule is CN1CCN(C(=O)Cn2cc(Nc3nc4c(N5CC6CCC(C5)C6N(C)C(=O)CC(F)(F)F)cccn4n3)cn2)CC1. The minimum atomic E-state index is -4.51. The van der Waals surface area contributed by atoms with Gasteiger partial charge in [-0.1, -0.05) is 0 Å². The third kappa shape index (κ3) is 5.87. The van der Waals surface area contributed by atoms with Gasteiger partial charge in [-0.25, -0.2) is 4.52 Å². The quantitative estimate of drug-likeness (QED) is 0.447. The van der Waals surface area contributed by atoms with E-state index in [1.165, 1.54) is 11.9 Å². The maximum Gasteiger partial charge on any atom is 0.397 e. The first-order valence-corrected chi connectivity index (χ1v) is 14.2. The number of nitrogens with one attached hydrogen (secondary N) is 1. The van der Waals surface area contributed by atoms with E-state index in [0.29, 0.717) is 43.5 Å². The molecule has 0 aromatic carbocycles. The largest absolute Gasteiger partial charge is 0.397 e. The van der Waals surface area contributed by atoms with Crippen molar-refractivity contribution in [3.63, 3.8) is 0 Å². The Bertz CT molecular complexity index is 1430. The molecule has 3 aromatic rings. The molecule has 2 unspecified atom stereocenters. The number of halogens is 3. The number of piperazine rings is 1. The van der Waals surface area contributed by atoms with Gasteiger partial charge in [-0.15, -0.1) is 5.10 Å². The van der Waals surface area contributed by atoms with Gasteiger partial charge in [0, 0.05) is 64.8 Å². The summed E-state index contributed by atoms with van der Waals surface area (Å²) in [5.74, 6) is -0.318. The van der Waals surface area contributed by atoms with Crippen molar-refractivity contribution in [2.45, 2.75) is 38.0 Å².